The molecule has 6 nitrogen and oxygen atoms in total. The average molecular weight is 290 g/mol. The molecule has 114 valence electrons. The van der Waals surface area contributed by atoms with Crippen LogP contribution in [0.5, 0.6) is 0 Å². The first-order chi connectivity index (χ1) is 10.3. The highest BCUT2D eigenvalue weighted by molar-refractivity contribution is 5.82. The Morgan fingerprint density at radius 1 is 1.52 bits per heavy atom. The van der Waals surface area contributed by atoms with E-state index in [1.165, 1.54) is 0 Å². The van der Waals surface area contributed by atoms with Crippen molar-refractivity contribution in [1.29, 1.82) is 0 Å². The van der Waals surface area contributed by atoms with E-state index in [0.717, 1.165) is 30.8 Å². The number of anilines is 1. The van der Waals surface area contributed by atoms with Crippen LogP contribution >= 0.6 is 0 Å². The lowest BCUT2D eigenvalue weighted by Crippen LogP contribution is -2.53. The lowest BCUT2D eigenvalue weighted by molar-refractivity contribution is -0.133. The maximum atomic E-state index is 12.3. The average Bonchev–Trinajstić information content (AvgIpc) is 3.32. The molecule has 2 heterocycles. The van der Waals surface area contributed by atoms with Crippen LogP contribution in [0.4, 0.5) is 5.69 Å². The van der Waals surface area contributed by atoms with Gasteiger partial charge in [-0.3, -0.25) is 14.7 Å². The van der Waals surface area contributed by atoms with Crippen molar-refractivity contribution >= 4 is 11.6 Å². The minimum Gasteiger partial charge on any atom is -0.388 e. The van der Waals surface area contributed by atoms with E-state index in [-0.39, 0.29) is 11.9 Å². The predicted molar refractivity (Wildman–Crippen MR) is 80.0 cm³/mol. The molecule has 2 fully saturated rings. The molecule has 1 atom stereocenters. The van der Waals surface area contributed by atoms with Crippen molar-refractivity contribution in [1.82, 2.24) is 15.2 Å². The van der Waals surface area contributed by atoms with E-state index < -0.39 is 0 Å². The Bertz CT molecular complexity index is 504. The summed E-state index contributed by atoms with van der Waals surface area (Å²) in [6.07, 6.45) is 4.00. The second-order valence-electron chi connectivity index (χ2n) is 5.63. The molecule has 0 radical (unpaired) electrons. The normalized spacial score (nSPS) is 22.8. The molecule has 0 bridgehead atoms. The van der Waals surface area contributed by atoms with Crippen LogP contribution < -0.4 is 10.6 Å². The van der Waals surface area contributed by atoms with E-state index >= 15 is 0 Å². The van der Waals surface area contributed by atoms with Gasteiger partial charge in [0.15, 0.2) is 0 Å². The van der Waals surface area contributed by atoms with Crippen LogP contribution in [0.1, 0.15) is 18.5 Å². The highest BCUT2D eigenvalue weighted by atomic mass is 16.5. The predicted octanol–water partition coefficient (Wildman–Crippen LogP) is 0.603. The van der Waals surface area contributed by atoms with Crippen molar-refractivity contribution in [3.63, 3.8) is 0 Å². The van der Waals surface area contributed by atoms with Crippen molar-refractivity contribution in [2.45, 2.75) is 31.5 Å². The standard InChI is InChI=1S/C15H22N4O2/c1-16-12-4-5-17-13(8-12)9-19-6-7-21-10-14(19)15(20)18-11-2-3-11/h4-5,8,11,14H,2-3,6-7,9-10H2,1H3,(H,16,17)(H,18,20). The van der Waals surface area contributed by atoms with Gasteiger partial charge < -0.3 is 15.4 Å². The number of rotatable bonds is 5. The summed E-state index contributed by atoms with van der Waals surface area (Å²) in [5, 5.41) is 6.18. The Labute approximate surface area is 124 Å². The lowest BCUT2D eigenvalue weighted by atomic mass is 10.2. The van der Waals surface area contributed by atoms with Crippen LogP contribution in [0.3, 0.4) is 0 Å². The van der Waals surface area contributed by atoms with E-state index in [4.69, 9.17) is 4.74 Å². The summed E-state index contributed by atoms with van der Waals surface area (Å²) in [5.74, 6) is 0.0852. The summed E-state index contributed by atoms with van der Waals surface area (Å²) in [6, 6.07) is 4.12. The van der Waals surface area contributed by atoms with Crippen molar-refractivity contribution in [3.05, 3.63) is 24.0 Å². The quantitative estimate of drug-likeness (QED) is 0.831. The fourth-order valence-corrected chi connectivity index (χ4v) is 2.52. The van der Waals surface area contributed by atoms with Crippen molar-refractivity contribution in [2.75, 3.05) is 32.1 Å². The number of carbonyl (C=O) groups is 1. The number of hydrogen-bond acceptors (Lipinski definition) is 5. The largest absolute Gasteiger partial charge is 0.388 e. The first-order valence-electron chi connectivity index (χ1n) is 7.51. The molecule has 1 amide bonds. The van der Waals surface area contributed by atoms with Crippen LogP contribution in [-0.4, -0.2) is 54.7 Å². The molecule has 1 aromatic heterocycles. The van der Waals surface area contributed by atoms with Crippen LogP contribution in [0.2, 0.25) is 0 Å². The molecule has 21 heavy (non-hydrogen) atoms. The highest BCUT2D eigenvalue weighted by Crippen LogP contribution is 2.20. The van der Waals surface area contributed by atoms with Gasteiger partial charge in [0.05, 0.1) is 18.9 Å². The molecular weight excluding hydrogens is 268 g/mol. The number of aromatic nitrogens is 1. The first-order valence-corrected chi connectivity index (χ1v) is 7.51. The topological polar surface area (TPSA) is 66.5 Å². The van der Waals surface area contributed by atoms with E-state index in [1.807, 2.05) is 19.2 Å². The molecule has 0 spiro atoms. The third kappa shape index (κ3) is 3.71. The molecule has 1 aliphatic heterocycles. The van der Waals surface area contributed by atoms with Crippen molar-refractivity contribution < 1.29 is 9.53 Å². The Morgan fingerprint density at radius 2 is 2.38 bits per heavy atom. The molecule has 1 saturated heterocycles. The van der Waals surface area contributed by atoms with Crippen LogP contribution in [0, 0.1) is 0 Å². The summed E-state index contributed by atoms with van der Waals surface area (Å²) in [4.78, 5) is 18.9. The van der Waals surface area contributed by atoms with Crippen molar-refractivity contribution in [2.24, 2.45) is 0 Å². The molecule has 1 aliphatic carbocycles. The van der Waals surface area contributed by atoms with Crippen LogP contribution in [-0.2, 0) is 16.1 Å². The second kappa shape index (κ2) is 6.41. The molecule has 0 aromatic carbocycles. The molecule has 2 aliphatic rings. The number of morpholine rings is 1. The lowest BCUT2D eigenvalue weighted by Gasteiger charge is -2.34. The van der Waals surface area contributed by atoms with Gasteiger partial charge in [-0.2, -0.15) is 0 Å². The van der Waals surface area contributed by atoms with Gasteiger partial charge in [-0.1, -0.05) is 0 Å². The monoisotopic (exact) mass is 290 g/mol. The summed E-state index contributed by atoms with van der Waals surface area (Å²) < 4.78 is 5.48. The Hall–Kier alpha value is -1.66. The van der Waals surface area contributed by atoms with Gasteiger partial charge in [0.1, 0.15) is 6.04 Å². The zero-order valence-corrected chi connectivity index (χ0v) is 12.3. The van der Waals surface area contributed by atoms with E-state index in [2.05, 4.69) is 20.5 Å². The molecule has 1 aromatic rings. The summed E-state index contributed by atoms with van der Waals surface area (Å²) in [5.41, 5.74) is 2.00. The molecule has 2 N–H and O–H groups in total. The molecular formula is C15H22N4O2. The smallest absolute Gasteiger partial charge is 0.239 e. The Morgan fingerprint density at radius 3 is 3.14 bits per heavy atom. The van der Waals surface area contributed by atoms with Crippen molar-refractivity contribution in [3.8, 4) is 0 Å². The number of ether oxygens (including phenoxy) is 1. The van der Waals surface area contributed by atoms with E-state index in [9.17, 15) is 4.79 Å². The molecule has 6 heteroatoms. The minimum absolute atomic E-state index is 0.0852. The Kier molecular flexibility index (Phi) is 4.36. The maximum absolute atomic E-state index is 12.3. The maximum Gasteiger partial charge on any atom is 0.239 e. The molecule has 3 rings (SSSR count). The van der Waals surface area contributed by atoms with Crippen LogP contribution in [0.25, 0.3) is 0 Å². The minimum atomic E-state index is -0.209. The van der Waals surface area contributed by atoms with Gasteiger partial charge in [0.25, 0.3) is 0 Å². The number of pyridine rings is 1. The zero-order chi connectivity index (χ0) is 14.7. The molecule has 1 saturated carbocycles. The second-order valence-corrected chi connectivity index (χ2v) is 5.63. The summed E-state index contributed by atoms with van der Waals surface area (Å²) in [6.45, 7) is 2.55. The number of nitrogens with zero attached hydrogens (tertiary/aromatic N) is 2. The van der Waals surface area contributed by atoms with Gasteiger partial charge >= 0.3 is 0 Å². The van der Waals surface area contributed by atoms with Gasteiger partial charge in [-0.15, -0.1) is 0 Å². The summed E-state index contributed by atoms with van der Waals surface area (Å²) in [7, 11) is 1.89. The third-order valence-corrected chi connectivity index (χ3v) is 3.94. The SMILES string of the molecule is CNc1ccnc(CN2CCOCC2C(=O)NC2CC2)c1. The van der Waals surface area contributed by atoms with Gasteiger partial charge in [0, 0.05) is 38.1 Å². The third-order valence-electron chi connectivity index (χ3n) is 3.94. The van der Waals surface area contributed by atoms with Gasteiger partial charge in [-0.25, -0.2) is 0 Å². The van der Waals surface area contributed by atoms with Gasteiger partial charge in [0.2, 0.25) is 5.91 Å². The number of hydrogen-bond donors (Lipinski definition) is 2. The van der Waals surface area contributed by atoms with Gasteiger partial charge in [-0.05, 0) is 25.0 Å². The number of nitrogens with one attached hydrogen (secondary N) is 2. The Balaban J connectivity index is 1.66. The fraction of sp³-hybridized carbons (Fsp3) is 0.600. The zero-order valence-electron chi connectivity index (χ0n) is 12.3. The van der Waals surface area contributed by atoms with E-state index in [1.54, 1.807) is 6.20 Å². The summed E-state index contributed by atoms with van der Waals surface area (Å²) >= 11 is 0. The number of amides is 1. The highest BCUT2D eigenvalue weighted by Gasteiger charge is 2.33. The molecule has 1 unspecified atom stereocenters. The van der Waals surface area contributed by atoms with Crippen LogP contribution in [0.15, 0.2) is 18.3 Å². The van der Waals surface area contributed by atoms with E-state index in [0.29, 0.717) is 25.8 Å². The fourth-order valence-electron chi connectivity index (χ4n) is 2.52. The number of carbonyl (C=O) groups excluding carboxylic acids is 1. The first kappa shape index (κ1) is 14.3.